The van der Waals surface area contributed by atoms with Crippen molar-refractivity contribution >= 4 is 34.0 Å². The number of rotatable bonds is 7. The number of carbonyl (C=O) groups excluding carboxylic acids is 2. The second kappa shape index (κ2) is 10.2. The molecule has 5 rings (SSSR count). The van der Waals surface area contributed by atoms with Crippen molar-refractivity contribution in [3.8, 4) is 0 Å². The molecule has 35 heavy (non-hydrogen) atoms. The summed E-state index contributed by atoms with van der Waals surface area (Å²) in [6.45, 7) is 2.57. The molecule has 0 bridgehead atoms. The predicted octanol–water partition coefficient (Wildman–Crippen LogP) is 5.53. The minimum absolute atomic E-state index is 0.0355. The van der Waals surface area contributed by atoms with E-state index in [1.807, 2.05) is 96.8 Å². The van der Waals surface area contributed by atoms with Crippen molar-refractivity contribution in [1.82, 2.24) is 10.2 Å². The van der Waals surface area contributed by atoms with Gasteiger partial charge in [-0.05, 0) is 29.7 Å². The van der Waals surface area contributed by atoms with E-state index in [1.165, 1.54) is 11.3 Å². The van der Waals surface area contributed by atoms with Crippen molar-refractivity contribution in [1.29, 1.82) is 0 Å². The van der Waals surface area contributed by atoms with E-state index >= 15 is 0 Å². The molecule has 0 aliphatic carbocycles. The first kappa shape index (κ1) is 22.9. The molecule has 0 spiro atoms. The molecule has 4 aromatic rings. The number of aryl methyl sites for hydroxylation is 1. The molecule has 3 aromatic carbocycles. The molecule has 1 aliphatic heterocycles. The number of nitrogens with one attached hydrogen (secondary N) is 1. The number of anilines is 2. The van der Waals surface area contributed by atoms with Crippen LogP contribution in [0.2, 0.25) is 0 Å². The molecular formula is C28H26N4O2S. The topological polar surface area (TPSA) is 75.2 Å². The monoisotopic (exact) mass is 482 g/mol. The number of para-hydroxylation sites is 1. The minimum atomic E-state index is -0.116. The van der Waals surface area contributed by atoms with Gasteiger partial charge in [0.1, 0.15) is 5.01 Å². The van der Waals surface area contributed by atoms with Crippen LogP contribution >= 0.6 is 11.3 Å². The van der Waals surface area contributed by atoms with Crippen LogP contribution in [-0.2, 0) is 9.59 Å². The van der Waals surface area contributed by atoms with Crippen molar-refractivity contribution in [3.63, 3.8) is 0 Å². The van der Waals surface area contributed by atoms with Gasteiger partial charge in [0.25, 0.3) is 0 Å². The molecule has 1 fully saturated rings. The Morgan fingerprint density at radius 3 is 2.26 bits per heavy atom. The predicted molar refractivity (Wildman–Crippen MR) is 139 cm³/mol. The Labute approximate surface area is 208 Å². The second-order valence-electron chi connectivity index (χ2n) is 8.76. The highest BCUT2D eigenvalue weighted by Gasteiger charge is 2.34. The van der Waals surface area contributed by atoms with E-state index in [0.717, 1.165) is 27.4 Å². The van der Waals surface area contributed by atoms with Crippen molar-refractivity contribution in [3.05, 3.63) is 107 Å². The first-order valence-corrected chi connectivity index (χ1v) is 12.5. The molecule has 1 unspecified atom stereocenters. The number of aromatic nitrogens is 2. The van der Waals surface area contributed by atoms with Crippen LogP contribution in [0.5, 0.6) is 0 Å². The summed E-state index contributed by atoms with van der Waals surface area (Å²) in [7, 11) is 0. The SMILES string of the molecule is Cc1ccccc1N1CC(c2nnc(NC(=O)CC(c3ccccc3)c3ccccc3)s2)CC1=O. The van der Waals surface area contributed by atoms with Crippen LogP contribution in [0.1, 0.15) is 46.4 Å². The summed E-state index contributed by atoms with van der Waals surface area (Å²) in [6.07, 6.45) is 0.687. The summed E-state index contributed by atoms with van der Waals surface area (Å²) in [5, 5.41) is 12.7. The van der Waals surface area contributed by atoms with Crippen LogP contribution < -0.4 is 10.2 Å². The fraction of sp³-hybridized carbons (Fsp3) is 0.214. The standard InChI is InChI=1S/C28H26N4O2S/c1-19-10-8-9-15-24(19)32-18-22(16-26(32)34)27-30-31-28(35-27)29-25(33)17-23(20-11-4-2-5-12-20)21-13-6-3-7-14-21/h2-15,22-23H,16-18H2,1H3,(H,29,31,33). The van der Waals surface area contributed by atoms with Gasteiger partial charge in [-0.3, -0.25) is 9.59 Å². The first-order valence-electron chi connectivity index (χ1n) is 11.7. The van der Waals surface area contributed by atoms with Crippen LogP contribution in [0, 0.1) is 6.92 Å². The zero-order valence-electron chi connectivity index (χ0n) is 19.4. The number of benzene rings is 3. The van der Waals surface area contributed by atoms with Crippen LogP contribution in [0.4, 0.5) is 10.8 Å². The van der Waals surface area contributed by atoms with Gasteiger partial charge in [0.05, 0.1) is 0 Å². The highest BCUT2D eigenvalue weighted by atomic mass is 32.1. The molecule has 0 saturated carbocycles. The summed E-state index contributed by atoms with van der Waals surface area (Å²) in [6, 6.07) is 28.0. The number of hydrogen-bond acceptors (Lipinski definition) is 5. The van der Waals surface area contributed by atoms with Gasteiger partial charge >= 0.3 is 0 Å². The van der Waals surface area contributed by atoms with Crippen molar-refractivity contribution in [2.75, 3.05) is 16.8 Å². The van der Waals surface area contributed by atoms with Gasteiger partial charge in [-0.2, -0.15) is 0 Å². The lowest BCUT2D eigenvalue weighted by atomic mass is 9.88. The number of nitrogens with zero attached hydrogens (tertiary/aromatic N) is 3. The highest BCUT2D eigenvalue weighted by Crippen LogP contribution is 2.35. The largest absolute Gasteiger partial charge is 0.311 e. The minimum Gasteiger partial charge on any atom is -0.311 e. The normalized spacial score (nSPS) is 15.5. The molecule has 0 radical (unpaired) electrons. The van der Waals surface area contributed by atoms with Gasteiger partial charge in [-0.15, -0.1) is 10.2 Å². The van der Waals surface area contributed by atoms with Crippen LogP contribution in [0.25, 0.3) is 0 Å². The average molecular weight is 483 g/mol. The van der Waals surface area contributed by atoms with Crippen LogP contribution in [0.15, 0.2) is 84.9 Å². The highest BCUT2D eigenvalue weighted by molar-refractivity contribution is 7.15. The Morgan fingerprint density at radius 1 is 0.971 bits per heavy atom. The average Bonchev–Trinajstić information content (AvgIpc) is 3.50. The third-order valence-electron chi connectivity index (χ3n) is 6.36. The van der Waals surface area contributed by atoms with E-state index in [4.69, 9.17) is 0 Å². The van der Waals surface area contributed by atoms with E-state index < -0.39 is 0 Å². The second-order valence-corrected chi connectivity index (χ2v) is 9.77. The molecule has 2 amide bonds. The molecule has 2 heterocycles. The lowest BCUT2D eigenvalue weighted by Gasteiger charge is -2.18. The molecular weight excluding hydrogens is 456 g/mol. The molecule has 176 valence electrons. The van der Waals surface area contributed by atoms with Gasteiger partial charge in [0.15, 0.2) is 0 Å². The van der Waals surface area contributed by atoms with Crippen molar-refractivity contribution in [2.24, 2.45) is 0 Å². The Bertz CT molecular complexity index is 1280. The Kier molecular flexibility index (Phi) is 6.68. The Morgan fingerprint density at radius 2 is 1.60 bits per heavy atom. The molecule has 1 aromatic heterocycles. The number of carbonyl (C=O) groups is 2. The maximum absolute atomic E-state index is 13.0. The van der Waals surface area contributed by atoms with Gasteiger partial charge in [-0.1, -0.05) is 90.2 Å². The van der Waals surface area contributed by atoms with E-state index in [0.29, 0.717) is 24.5 Å². The zero-order valence-corrected chi connectivity index (χ0v) is 20.2. The van der Waals surface area contributed by atoms with Crippen LogP contribution in [-0.4, -0.2) is 28.6 Å². The van der Waals surface area contributed by atoms with E-state index in [1.54, 1.807) is 0 Å². The molecule has 1 saturated heterocycles. The summed E-state index contributed by atoms with van der Waals surface area (Å²) in [4.78, 5) is 27.5. The number of hydrogen-bond donors (Lipinski definition) is 1. The zero-order chi connectivity index (χ0) is 24.2. The van der Waals surface area contributed by atoms with E-state index in [-0.39, 0.29) is 23.7 Å². The first-order chi connectivity index (χ1) is 17.1. The van der Waals surface area contributed by atoms with Crippen LogP contribution in [0.3, 0.4) is 0 Å². The maximum Gasteiger partial charge on any atom is 0.227 e. The quantitative estimate of drug-likeness (QED) is 0.376. The Hall–Kier alpha value is -3.84. The van der Waals surface area contributed by atoms with Crippen molar-refractivity contribution < 1.29 is 9.59 Å². The summed E-state index contributed by atoms with van der Waals surface area (Å²) in [5.41, 5.74) is 4.18. The van der Waals surface area contributed by atoms with Gasteiger partial charge in [0, 0.05) is 36.9 Å². The third kappa shape index (κ3) is 5.15. The lowest BCUT2D eigenvalue weighted by molar-refractivity contribution is -0.117. The fourth-order valence-corrected chi connectivity index (χ4v) is 5.43. The molecule has 1 N–H and O–H groups in total. The summed E-state index contributed by atoms with van der Waals surface area (Å²) < 4.78 is 0. The van der Waals surface area contributed by atoms with Gasteiger partial charge in [0.2, 0.25) is 16.9 Å². The fourth-order valence-electron chi connectivity index (χ4n) is 4.58. The number of amides is 2. The molecule has 6 nitrogen and oxygen atoms in total. The summed E-state index contributed by atoms with van der Waals surface area (Å²) in [5.74, 6) is -0.125. The Balaban J connectivity index is 1.27. The van der Waals surface area contributed by atoms with Crippen molar-refractivity contribution in [2.45, 2.75) is 31.6 Å². The molecule has 1 aliphatic rings. The maximum atomic E-state index is 13.0. The van der Waals surface area contributed by atoms with Gasteiger partial charge < -0.3 is 10.2 Å². The van der Waals surface area contributed by atoms with Gasteiger partial charge in [-0.25, -0.2) is 0 Å². The molecule has 7 heteroatoms. The summed E-state index contributed by atoms with van der Waals surface area (Å²) >= 11 is 1.35. The van der Waals surface area contributed by atoms with E-state index in [9.17, 15) is 9.59 Å². The van der Waals surface area contributed by atoms with E-state index in [2.05, 4.69) is 15.5 Å². The lowest BCUT2D eigenvalue weighted by Crippen LogP contribution is -2.25. The third-order valence-corrected chi connectivity index (χ3v) is 7.36. The smallest absolute Gasteiger partial charge is 0.227 e. The molecule has 1 atom stereocenters.